The number of aromatic nitrogens is 4. The van der Waals surface area contributed by atoms with Crippen LogP contribution in [0, 0.1) is 5.92 Å². The van der Waals surface area contributed by atoms with E-state index >= 15 is 0 Å². The summed E-state index contributed by atoms with van der Waals surface area (Å²) >= 11 is 0. The van der Waals surface area contributed by atoms with Crippen molar-refractivity contribution in [3.8, 4) is 5.75 Å². The van der Waals surface area contributed by atoms with Crippen LogP contribution in [0.25, 0.3) is 16.6 Å². The van der Waals surface area contributed by atoms with E-state index in [1.54, 1.807) is 12.1 Å². The van der Waals surface area contributed by atoms with Gasteiger partial charge in [0.05, 0.1) is 17.1 Å². The summed E-state index contributed by atoms with van der Waals surface area (Å²) in [4.78, 5) is 23.4. The Labute approximate surface area is 148 Å². The molecule has 3 N–H and O–H groups in total. The van der Waals surface area contributed by atoms with Crippen LogP contribution in [-0.2, 0) is 4.79 Å². The molecule has 2 atom stereocenters. The van der Waals surface area contributed by atoms with Gasteiger partial charge in [-0.1, -0.05) is 19.4 Å². The van der Waals surface area contributed by atoms with Gasteiger partial charge in [0.1, 0.15) is 12.4 Å². The fraction of sp³-hybridized carbons (Fsp3) is 0.353. The average Bonchev–Trinajstić information content (AvgIpc) is 3.25. The van der Waals surface area contributed by atoms with Crippen LogP contribution >= 0.6 is 0 Å². The molecule has 134 valence electrons. The average molecular weight is 354 g/mol. The van der Waals surface area contributed by atoms with Gasteiger partial charge >= 0.3 is 0 Å². The van der Waals surface area contributed by atoms with E-state index in [-0.39, 0.29) is 23.4 Å². The van der Waals surface area contributed by atoms with Gasteiger partial charge in [0.15, 0.2) is 5.65 Å². The minimum atomic E-state index is -0.615. The molecule has 2 aromatic heterocycles. The van der Waals surface area contributed by atoms with E-state index in [0.29, 0.717) is 35.3 Å². The van der Waals surface area contributed by atoms with Crippen LogP contribution in [0.2, 0.25) is 0 Å². The maximum atomic E-state index is 11.8. The maximum absolute atomic E-state index is 11.8. The van der Waals surface area contributed by atoms with E-state index < -0.39 is 5.91 Å². The Morgan fingerprint density at radius 3 is 3.08 bits per heavy atom. The number of tetrazole rings is 1. The number of pyridine rings is 1. The molecule has 0 aliphatic carbocycles. The molecule has 3 aromatic rings. The lowest BCUT2D eigenvalue weighted by molar-refractivity contribution is -0.119. The molecule has 26 heavy (non-hydrogen) atoms. The summed E-state index contributed by atoms with van der Waals surface area (Å²) in [6.45, 7) is 2.41. The monoisotopic (exact) mass is 354 g/mol. The van der Waals surface area contributed by atoms with Gasteiger partial charge in [-0.15, -0.1) is 5.10 Å². The molecule has 1 aliphatic rings. The van der Waals surface area contributed by atoms with E-state index in [4.69, 9.17) is 10.5 Å². The smallest absolute Gasteiger partial charge is 0.252 e. The summed E-state index contributed by atoms with van der Waals surface area (Å²) < 4.78 is 7.46. The lowest BCUT2D eigenvalue weighted by Gasteiger charge is -2.19. The van der Waals surface area contributed by atoms with Crippen molar-refractivity contribution >= 4 is 28.4 Å². The second-order valence-electron chi connectivity index (χ2n) is 6.38. The van der Waals surface area contributed by atoms with Crippen LogP contribution in [0.15, 0.2) is 24.3 Å². The Hall–Kier alpha value is -3.23. The van der Waals surface area contributed by atoms with Gasteiger partial charge in [0, 0.05) is 11.8 Å². The number of hydrogen-bond donors (Lipinski definition) is 2. The van der Waals surface area contributed by atoms with Gasteiger partial charge < -0.3 is 15.8 Å². The highest BCUT2D eigenvalue weighted by molar-refractivity contribution is 6.03. The summed E-state index contributed by atoms with van der Waals surface area (Å²) in [6.07, 6.45) is 1.43. The van der Waals surface area contributed by atoms with Crippen molar-refractivity contribution < 1.29 is 14.3 Å². The maximum Gasteiger partial charge on any atom is 0.252 e. The molecule has 0 spiro atoms. The van der Waals surface area contributed by atoms with Crippen LogP contribution < -0.4 is 15.8 Å². The molecule has 1 aromatic carbocycles. The van der Waals surface area contributed by atoms with Crippen molar-refractivity contribution in [1.82, 2.24) is 25.4 Å². The lowest BCUT2D eigenvalue weighted by atomic mass is 9.98. The van der Waals surface area contributed by atoms with Crippen molar-refractivity contribution in [3.05, 3.63) is 29.8 Å². The predicted octanol–water partition coefficient (Wildman–Crippen LogP) is 0.670. The molecule has 9 nitrogen and oxygen atoms in total. The highest BCUT2D eigenvalue weighted by Gasteiger charge is 2.31. The number of benzene rings is 1. The van der Waals surface area contributed by atoms with E-state index in [9.17, 15) is 9.59 Å². The van der Waals surface area contributed by atoms with Gasteiger partial charge in [0.25, 0.3) is 5.91 Å². The second kappa shape index (κ2) is 6.25. The van der Waals surface area contributed by atoms with Gasteiger partial charge in [-0.3, -0.25) is 9.59 Å². The molecule has 0 radical (unpaired) electrons. The third-order valence-electron chi connectivity index (χ3n) is 4.84. The predicted molar refractivity (Wildman–Crippen MR) is 92.6 cm³/mol. The highest BCUT2D eigenvalue weighted by atomic mass is 16.5. The normalized spacial score (nSPS) is 19.8. The van der Waals surface area contributed by atoms with Crippen LogP contribution in [0.1, 0.15) is 30.1 Å². The molecule has 1 saturated heterocycles. The van der Waals surface area contributed by atoms with Gasteiger partial charge in [-0.2, -0.15) is 4.52 Å². The molecule has 4 rings (SSSR count). The number of amides is 2. The number of rotatable bonds is 5. The fourth-order valence-corrected chi connectivity index (χ4v) is 3.45. The quantitative estimate of drug-likeness (QED) is 0.694. The Bertz CT molecular complexity index is 1010. The number of nitrogens with zero attached hydrogens (tertiary/aromatic N) is 4. The van der Waals surface area contributed by atoms with Crippen LogP contribution in [0.5, 0.6) is 5.75 Å². The molecule has 0 saturated carbocycles. The van der Waals surface area contributed by atoms with Crippen molar-refractivity contribution in [1.29, 1.82) is 0 Å². The summed E-state index contributed by atoms with van der Waals surface area (Å²) in [5.74, 6) is 0.272. The third-order valence-corrected chi connectivity index (χ3v) is 4.84. The van der Waals surface area contributed by atoms with Gasteiger partial charge in [0.2, 0.25) is 5.91 Å². The molecule has 0 unspecified atom stereocenters. The van der Waals surface area contributed by atoms with Gasteiger partial charge in [-0.25, -0.2) is 0 Å². The zero-order valence-electron chi connectivity index (χ0n) is 14.2. The molecular formula is C17H18N6O3. The SMILES string of the molecule is CC[C@@H]1CC(=O)N[C@@H]1COc1cccc2c1cc(C(N)=O)c1nnnn12. The topological polar surface area (TPSA) is 124 Å². The zero-order chi connectivity index (χ0) is 18.3. The van der Waals surface area contributed by atoms with E-state index in [1.165, 1.54) is 4.52 Å². The van der Waals surface area contributed by atoms with Crippen LogP contribution in [-0.4, -0.2) is 44.5 Å². The van der Waals surface area contributed by atoms with Crippen LogP contribution in [0.4, 0.5) is 0 Å². The first-order valence-electron chi connectivity index (χ1n) is 8.44. The number of hydrogen-bond acceptors (Lipinski definition) is 6. The lowest BCUT2D eigenvalue weighted by Crippen LogP contribution is -2.34. The van der Waals surface area contributed by atoms with E-state index in [0.717, 1.165) is 6.42 Å². The third kappa shape index (κ3) is 2.61. The fourth-order valence-electron chi connectivity index (χ4n) is 3.45. The van der Waals surface area contributed by atoms with E-state index in [2.05, 4.69) is 27.8 Å². The minimum absolute atomic E-state index is 0.0323. The van der Waals surface area contributed by atoms with Crippen molar-refractivity contribution in [2.75, 3.05) is 6.61 Å². The van der Waals surface area contributed by atoms with Crippen molar-refractivity contribution in [2.45, 2.75) is 25.8 Å². The first-order chi connectivity index (χ1) is 12.6. The minimum Gasteiger partial charge on any atom is -0.491 e. The van der Waals surface area contributed by atoms with Crippen molar-refractivity contribution in [2.24, 2.45) is 11.7 Å². The van der Waals surface area contributed by atoms with Crippen molar-refractivity contribution in [3.63, 3.8) is 0 Å². The molecule has 1 fully saturated rings. The number of nitrogens with two attached hydrogens (primary N) is 1. The first-order valence-corrected chi connectivity index (χ1v) is 8.44. The Balaban J connectivity index is 1.72. The zero-order valence-corrected chi connectivity index (χ0v) is 14.2. The molecule has 1 aliphatic heterocycles. The number of carbonyl (C=O) groups is 2. The molecule has 9 heteroatoms. The largest absolute Gasteiger partial charge is 0.491 e. The summed E-state index contributed by atoms with van der Waals surface area (Å²) in [6, 6.07) is 7.08. The molecule has 3 heterocycles. The number of fused-ring (bicyclic) bond motifs is 3. The summed E-state index contributed by atoms with van der Waals surface area (Å²) in [5.41, 5.74) is 6.70. The number of primary amides is 1. The first kappa shape index (κ1) is 16.2. The summed E-state index contributed by atoms with van der Waals surface area (Å²) in [5, 5.41) is 15.1. The molecule has 2 amide bonds. The standard InChI is InChI=1S/C17H18N6O3/c1-2-9-6-15(24)19-12(9)8-26-14-5-3-4-13-10(14)7-11(16(18)25)17-20-21-22-23(13)17/h3-5,7,9,12H,2,6,8H2,1H3,(H2,18,25)(H,19,24)/t9-,12-/m1/s1. The molecule has 0 bridgehead atoms. The van der Waals surface area contributed by atoms with Gasteiger partial charge in [-0.05, 0) is 34.5 Å². The highest BCUT2D eigenvalue weighted by Crippen LogP contribution is 2.29. The number of nitrogens with one attached hydrogen (secondary N) is 1. The Morgan fingerprint density at radius 1 is 1.46 bits per heavy atom. The Morgan fingerprint density at radius 2 is 2.31 bits per heavy atom. The second-order valence-corrected chi connectivity index (χ2v) is 6.38. The summed E-state index contributed by atoms with van der Waals surface area (Å²) in [7, 11) is 0. The Kier molecular flexibility index (Phi) is 3.90. The molecular weight excluding hydrogens is 336 g/mol. The van der Waals surface area contributed by atoms with E-state index in [1.807, 2.05) is 12.1 Å². The number of ether oxygens (including phenoxy) is 1. The number of carbonyl (C=O) groups excluding carboxylic acids is 2. The van der Waals surface area contributed by atoms with Crippen LogP contribution in [0.3, 0.4) is 0 Å².